The van der Waals surface area contributed by atoms with Crippen molar-refractivity contribution in [3.05, 3.63) is 11.9 Å². The molecular formula is C13H22N4O. The zero-order valence-corrected chi connectivity index (χ0v) is 11.4. The van der Waals surface area contributed by atoms with Gasteiger partial charge >= 0.3 is 0 Å². The van der Waals surface area contributed by atoms with E-state index in [1.807, 2.05) is 19.9 Å². The van der Waals surface area contributed by atoms with Gasteiger partial charge < -0.3 is 15.4 Å². The van der Waals surface area contributed by atoms with Crippen LogP contribution in [0.4, 0.5) is 5.82 Å². The molecule has 2 N–H and O–H groups in total. The maximum atomic E-state index is 5.87. The quantitative estimate of drug-likeness (QED) is 0.874. The molecule has 0 amide bonds. The van der Waals surface area contributed by atoms with Gasteiger partial charge in [0.2, 0.25) is 5.88 Å². The van der Waals surface area contributed by atoms with Crippen LogP contribution in [-0.4, -0.2) is 35.7 Å². The van der Waals surface area contributed by atoms with E-state index in [1.54, 1.807) is 0 Å². The van der Waals surface area contributed by atoms with E-state index in [0.29, 0.717) is 31.0 Å². The zero-order chi connectivity index (χ0) is 13.1. The fourth-order valence-electron chi connectivity index (χ4n) is 2.55. The minimum atomic E-state index is 0.369. The standard InChI is InChI=1S/C13H22N4O/c1-4-18-13-7-12(15-10(3)16-13)17-6-5-9(2)11(17)8-14/h7,9,11H,4-6,8,14H2,1-3H3. The van der Waals surface area contributed by atoms with Crippen molar-refractivity contribution in [2.45, 2.75) is 33.2 Å². The van der Waals surface area contributed by atoms with E-state index in [9.17, 15) is 0 Å². The average Bonchev–Trinajstić information content (AvgIpc) is 2.70. The van der Waals surface area contributed by atoms with Crippen molar-refractivity contribution in [3.63, 3.8) is 0 Å². The summed E-state index contributed by atoms with van der Waals surface area (Å²) in [5, 5.41) is 0. The second kappa shape index (κ2) is 5.52. The Kier molecular flexibility index (Phi) is 4.01. The van der Waals surface area contributed by atoms with Crippen LogP contribution < -0.4 is 15.4 Å². The summed E-state index contributed by atoms with van der Waals surface area (Å²) in [6.45, 7) is 8.38. The number of hydrogen-bond acceptors (Lipinski definition) is 5. The highest BCUT2D eigenvalue weighted by Gasteiger charge is 2.31. The van der Waals surface area contributed by atoms with Crippen LogP contribution in [0.3, 0.4) is 0 Å². The lowest BCUT2D eigenvalue weighted by molar-refractivity contribution is 0.325. The molecule has 1 aliphatic heterocycles. The highest BCUT2D eigenvalue weighted by Crippen LogP contribution is 2.29. The molecule has 2 heterocycles. The minimum absolute atomic E-state index is 0.369. The average molecular weight is 250 g/mol. The van der Waals surface area contributed by atoms with E-state index in [-0.39, 0.29) is 0 Å². The summed E-state index contributed by atoms with van der Waals surface area (Å²) in [5.41, 5.74) is 5.87. The molecule has 18 heavy (non-hydrogen) atoms. The first kappa shape index (κ1) is 13.1. The van der Waals surface area contributed by atoms with Crippen LogP contribution >= 0.6 is 0 Å². The molecule has 0 saturated carbocycles. The molecule has 0 aromatic carbocycles. The van der Waals surface area contributed by atoms with Gasteiger partial charge in [0.1, 0.15) is 11.6 Å². The second-order valence-electron chi connectivity index (χ2n) is 4.81. The molecule has 2 rings (SSSR count). The van der Waals surface area contributed by atoms with Gasteiger partial charge in [0, 0.05) is 25.2 Å². The summed E-state index contributed by atoms with van der Waals surface area (Å²) in [5.74, 6) is 2.94. The van der Waals surface area contributed by atoms with Crippen molar-refractivity contribution in [1.82, 2.24) is 9.97 Å². The van der Waals surface area contributed by atoms with E-state index in [4.69, 9.17) is 10.5 Å². The highest BCUT2D eigenvalue weighted by atomic mass is 16.5. The third kappa shape index (κ3) is 2.56. The third-order valence-electron chi connectivity index (χ3n) is 3.51. The molecule has 0 spiro atoms. The topological polar surface area (TPSA) is 64.3 Å². The smallest absolute Gasteiger partial charge is 0.218 e. The second-order valence-corrected chi connectivity index (χ2v) is 4.81. The first-order valence-corrected chi connectivity index (χ1v) is 6.61. The van der Waals surface area contributed by atoms with Crippen molar-refractivity contribution in [1.29, 1.82) is 0 Å². The van der Waals surface area contributed by atoms with Crippen LogP contribution in [-0.2, 0) is 0 Å². The van der Waals surface area contributed by atoms with Crippen LogP contribution in [0, 0.1) is 12.8 Å². The molecule has 1 aromatic rings. The van der Waals surface area contributed by atoms with Crippen LogP contribution in [0.25, 0.3) is 0 Å². The number of nitrogens with zero attached hydrogens (tertiary/aromatic N) is 3. The number of hydrogen-bond donors (Lipinski definition) is 1. The third-order valence-corrected chi connectivity index (χ3v) is 3.51. The molecule has 0 aliphatic carbocycles. The molecule has 1 aliphatic rings. The molecule has 0 radical (unpaired) electrons. The van der Waals surface area contributed by atoms with E-state index in [0.717, 1.165) is 24.6 Å². The monoisotopic (exact) mass is 250 g/mol. The molecular weight excluding hydrogens is 228 g/mol. The van der Waals surface area contributed by atoms with Crippen molar-refractivity contribution < 1.29 is 4.74 Å². The Morgan fingerprint density at radius 1 is 1.50 bits per heavy atom. The van der Waals surface area contributed by atoms with Gasteiger partial charge in [0.15, 0.2) is 0 Å². The molecule has 0 bridgehead atoms. The predicted molar refractivity (Wildman–Crippen MR) is 71.9 cm³/mol. The van der Waals surface area contributed by atoms with Crippen LogP contribution in [0.1, 0.15) is 26.1 Å². The SMILES string of the molecule is CCOc1cc(N2CCC(C)C2CN)nc(C)n1. The normalized spacial score (nSPS) is 23.4. The van der Waals surface area contributed by atoms with Gasteiger partial charge in [0.05, 0.1) is 6.61 Å². The van der Waals surface area contributed by atoms with Crippen LogP contribution in [0.15, 0.2) is 6.07 Å². The molecule has 1 fully saturated rings. The number of aryl methyl sites for hydroxylation is 1. The summed E-state index contributed by atoms with van der Waals surface area (Å²) in [4.78, 5) is 11.1. The van der Waals surface area contributed by atoms with Crippen LogP contribution in [0.2, 0.25) is 0 Å². The molecule has 1 aromatic heterocycles. The van der Waals surface area contributed by atoms with Gasteiger partial charge in [-0.25, -0.2) is 4.98 Å². The number of anilines is 1. The maximum Gasteiger partial charge on any atom is 0.218 e. The van der Waals surface area contributed by atoms with Gasteiger partial charge in [-0.3, -0.25) is 0 Å². The molecule has 100 valence electrons. The summed E-state index contributed by atoms with van der Waals surface area (Å²) in [6.07, 6.45) is 1.16. The van der Waals surface area contributed by atoms with Crippen molar-refractivity contribution in [3.8, 4) is 5.88 Å². The maximum absolute atomic E-state index is 5.87. The molecule has 5 heteroatoms. The van der Waals surface area contributed by atoms with Gasteiger partial charge in [-0.2, -0.15) is 4.98 Å². The summed E-state index contributed by atoms with van der Waals surface area (Å²) in [7, 11) is 0. The van der Waals surface area contributed by atoms with Gasteiger partial charge in [0.25, 0.3) is 0 Å². The van der Waals surface area contributed by atoms with E-state index >= 15 is 0 Å². The largest absolute Gasteiger partial charge is 0.478 e. The fraction of sp³-hybridized carbons (Fsp3) is 0.692. The van der Waals surface area contributed by atoms with Gasteiger partial charge in [-0.1, -0.05) is 6.92 Å². The van der Waals surface area contributed by atoms with Crippen LogP contribution in [0.5, 0.6) is 5.88 Å². The predicted octanol–water partition coefficient (Wildman–Crippen LogP) is 1.36. The lowest BCUT2D eigenvalue weighted by atomic mass is 10.0. The Morgan fingerprint density at radius 2 is 2.28 bits per heavy atom. The summed E-state index contributed by atoms with van der Waals surface area (Å²) >= 11 is 0. The van der Waals surface area contributed by atoms with Crippen molar-refractivity contribution in [2.75, 3.05) is 24.6 Å². The Bertz CT molecular complexity index is 410. The van der Waals surface area contributed by atoms with Gasteiger partial charge in [-0.15, -0.1) is 0 Å². The molecule has 5 nitrogen and oxygen atoms in total. The van der Waals surface area contributed by atoms with Crippen molar-refractivity contribution >= 4 is 5.82 Å². The lowest BCUT2D eigenvalue weighted by Crippen LogP contribution is -2.39. The Labute approximate surface area is 108 Å². The highest BCUT2D eigenvalue weighted by molar-refractivity contribution is 5.44. The Hall–Kier alpha value is -1.36. The number of nitrogens with two attached hydrogens (primary N) is 1. The first-order chi connectivity index (χ1) is 8.65. The molecule has 2 atom stereocenters. The fourth-order valence-corrected chi connectivity index (χ4v) is 2.55. The number of rotatable bonds is 4. The number of ether oxygens (including phenoxy) is 1. The lowest BCUT2D eigenvalue weighted by Gasteiger charge is -2.27. The Balaban J connectivity index is 2.27. The Morgan fingerprint density at radius 3 is 2.94 bits per heavy atom. The van der Waals surface area contributed by atoms with E-state index < -0.39 is 0 Å². The van der Waals surface area contributed by atoms with E-state index in [2.05, 4.69) is 21.8 Å². The van der Waals surface area contributed by atoms with Gasteiger partial charge in [-0.05, 0) is 26.2 Å². The summed E-state index contributed by atoms with van der Waals surface area (Å²) < 4.78 is 5.47. The molecule has 1 saturated heterocycles. The molecule has 2 unspecified atom stereocenters. The number of aromatic nitrogens is 2. The van der Waals surface area contributed by atoms with Crippen molar-refractivity contribution in [2.24, 2.45) is 11.7 Å². The minimum Gasteiger partial charge on any atom is -0.478 e. The zero-order valence-electron chi connectivity index (χ0n) is 11.4. The van der Waals surface area contributed by atoms with E-state index in [1.165, 1.54) is 0 Å². The first-order valence-electron chi connectivity index (χ1n) is 6.61. The summed E-state index contributed by atoms with van der Waals surface area (Å²) in [6, 6.07) is 2.28.